The van der Waals surface area contributed by atoms with Gasteiger partial charge in [0.2, 0.25) is 47.3 Å². The number of thioether (sulfide) groups is 1. The zero-order chi connectivity index (χ0) is 59.9. The number of nitrogens with one attached hydrogen (secondary N) is 7. The molecule has 9 atom stereocenters. The van der Waals surface area contributed by atoms with E-state index in [1.54, 1.807) is 14.0 Å². The molecule has 1 aliphatic carbocycles. The minimum Gasteiger partial charge on any atom is -0.443 e. The van der Waals surface area contributed by atoms with Crippen LogP contribution in [0.2, 0.25) is 0 Å². The number of hydrogen-bond donors (Lipinski definition) is 10. The number of aliphatic hydroxyl groups excluding tert-OH is 1. The van der Waals surface area contributed by atoms with Crippen molar-refractivity contribution in [3.05, 3.63) is 58.8 Å². The third-order valence-electron chi connectivity index (χ3n) is 14.7. The Morgan fingerprint density at radius 1 is 0.887 bits per heavy atom. The van der Waals surface area contributed by atoms with Gasteiger partial charge in [-0.3, -0.25) is 38.4 Å². The van der Waals surface area contributed by atoms with Crippen molar-refractivity contribution in [2.24, 2.45) is 34.6 Å². The van der Waals surface area contributed by atoms with Gasteiger partial charge in [0.15, 0.2) is 0 Å². The molecule has 9 amide bonds. The lowest BCUT2D eigenvalue weighted by Crippen LogP contribution is -2.55. The van der Waals surface area contributed by atoms with Crippen LogP contribution < -0.4 is 43.4 Å². The number of alkyl carbamates (subject to hydrolysis) is 1. The largest absolute Gasteiger partial charge is 0.443 e. The molecule has 2 fully saturated rings. The van der Waals surface area contributed by atoms with Crippen molar-refractivity contribution in [2.45, 2.75) is 156 Å². The molecule has 23 heteroatoms. The maximum Gasteiger partial charge on any atom is 0.407 e. The number of amides is 9. The van der Waals surface area contributed by atoms with Gasteiger partial charge in [-0.1, -0.05) is 68.7 Å². The van der Waals surface area contributed by atoms with Gasteiger partial charge in [-0.2, -0.15) is 11.8 Å². The standard InChI is InChI=1S/C40H68N6O9S.C17H22N4O3/c1-24(2)19-30(37(51)42-21-33(48)44-29(36(41)50)15-18-56-9)45-38(52)31-11-10-17-46(31)34(49)22-43-39(53)55-32-14-16-40(7,23-47)20-28(35(32)54-8)27(6)13-12-26(5)25(3)4;1-10(7-12-8-19-14-6-4-3-5-13(12)14)16(23)21-11(2)17(24)20-9-15(18)22/h13,24,28-32,35,47H,10-12,14-23H2,1-9H3,(H2,41,50)(H,42,51)(H,43,53)(H,44,48)(H,45,52);3-6,8,10-11,19H,7,9H2,1-2H3,(H2,18,22)(H,20,24)(H,21,23)/b27-13+;/t28-,29-,30-,31?,32+,35-,40?;10-,11-/m00/s1. The molecule has 2 unspecified atom stereocenters. The molecule has 2 heterocycles. The summed E-state index contributed by atoms with van der Waals surface area (Å²) in [7, 11) is 1.59. The fraction of sp³-hybridized carbons (Fsp3) is 0.632. The van der Waals surface area contributed by atoms with Crippen molar-refractivity contribution in [3.8, 4) is 0 Å². The highest BCUT2D eigenvalue weighted by atomic mass is 32.2. The Kier molecular flexibility index (Phi) is 28.3. The van der Waals surface area contributed by atoms with E-state index >= 15 is 0 Å². The summed E-state index contributed by atoms with van der Waals surface area (Å²) >= 11 is 1.50. The number of carbonyl (C=O) groups excluding carboxylic acids is 9. The van der Waals surface area contributed by atoms with Crippen molar-refractivity contribution >= 4 is 76.0 Å². The van der Waals surface area contributed by atoms with Crippen LogP contribution in [0.4, 0.5) is 4.79 Å². The van der Waals surface area contributed by atoms with Gasteiger partial charge in [0, 0.05) is 49.2 Å². The Morgan fingerprint density at radius 2 is 1.57 bits per heavy atom. The summed E-state index contributed by atoms with van der Waals surface area (Å²) in [5, 5.41) is 26.8. The number of para-hydroxylation sites is 1. The predicted octanol–water partition coefficient (Wildman–Crippen LogP) is 3.40. The summed E-state index contributed by atoms with van der Waals surface area (Å²) in [6.07, 6.45) is 8.67. The quantitative estimate of drug-likeness (QED) is 0.0454. The summed E-state index contributed by atoms with van der Waals surface area (Å²) in [4.78, 5) is 117. The second-order valence-electron chi connectivity index (χ2n) is 22.1. The van der Waals surface area contributed by atoms with Crippen LogP contribution in [0.25, 0.3) is 10.9 Å². The number of nitrogens with two attached hydrogens (primary N) is 2. The first kappa shape index (κ1) is 67.8. The fourth-order valence-corrected chi connectivity index (χ4v) is 10.1. The van der Waals surface area contributed by atoms with E-state index in [1.165, 1.54) is 27.8 Å². The van der Waals surface area contributed by atoms with E-state index in [-0.39, 0.29) is 43.2 Å². The Balaban J connectivity index is 0.000000578. The summed E-state index contributed by atoms with van der Waals surface area (Å²) in [6, 6.07) is 4.45. The zero-order valence-electron chi connectivity index (χ0n) is 48.7. The topological polar surface area (TPSA) is 336 Å². The molecule has 0 spiro atoms. The molecule has 12 N–H and O–H groups in total. The Morgan fingerprint density at radius 3 is 2.20 bits per heavy atom. The number of H-pyrrole nitrogens is 1. The molecule has 1 aliphatic heterocycles. The van der Waals surface area contributed by atoms with Gasteiger partial charge in [0.1, 0.15) is 42.9 Å². The second-order valence-corrected chi connectivity index (χ2v) is 23.1. The second kappa shape index (κ2) is 33.3. The highest BCUT2D eigenvalue weighted by Gasteiger charge is 2.43. The predicted molar refractivity (Wildman–Crippen MR) is 308 cm³/mol. The highest BCUT2D eigenvalue weighted by molar-refractivity contribution is 7.98. The maximum absolute atomic E-state index is 13.5. The van der Waals surface area contributed by atoms with Crippen LogP contribution in [0.1, 0.15) is 119 Å². The van der Waals surface area contributed by atoms with E-state index in [2.05, 4.69) is 63.7 Å². The first-order chi connectivity index (χ1) is 37.7. The summed E-state index contributed by atoms with van der Waals surface area (Å²) in [5.74, 6) is -3.92. The summed E-state index contributed by atoms with van der Waals surface area (Å²) in [5.41, 5.74) is 15.7. The number of carbonyl (C=O) groups is 9. The number of aliphatic hydroxyl groups is 1. The normalized spacial score (nSPS) is 20.6. The number of allylic oxidation sites excluding steroid dienone is 3. The van der Waals surface area contributed by atoms with Crippen LogP contribution in [-0.2, 0) is 54.3 Å². The number of likely N-dealkylation sites (tertiary alicyclic amines) is 1. The first-order valence-corrected chi connectivity index (χ1v) is 28.9. The fourth-order valence-electron chi connectivity index (χ4n) is 9.60. The molecule has 446 valence electrons. The average molecular weight is 1140 g/mol. The number of ether oxygens (including phenoxy) is 2. The van der Waals surface area contributed by atoms with Gasteiger partial charge in [0.25, 0.3) is 0 Å². The third kappa shape index (κ3) is 21.9. The molecule has 0 bridgehead atoms. The summed E-state index contributed by atoms with van der Waals surface area (Å²) in [6.45, 7) is 16.7. The molecule has 1 aromatic carbocycles. The number of methoxy groups -OCH3 is 1. The SMILES string of the molecule is CO[C@@H]1[C@H](OC(=O)NCC(=O)N2CCCC2C(=O)N[C@@H](CC(C)C)C(=O)NCC(=O)N[C@@H](CCSC)C(N)=O)CCC(C)(CO)C[C@H]1/C(C)=C/CC(C)=C(C)C.C[C@H](NC(=O)[C@@H](C)Cc1c[nH]c2ccccc12)C(=O)NCC(N)=O. The van der Waals surface area contributed by atoms with Crippen LogP contribution in [0.5, 0.6) is 0 Å². The van der Waals surface area contributed by atoms with Gasteiger partial charge in [0.05, 0.1) is 13.1 Å². The highest BCUT2D eigenvalue weighted by Crippen LogP contribution is 2.42. The molecule has 2 aromatic rings. The Labute approximate surface area is 475 Å². The molecule has 1 saturated heterocycles. The molecular weight excluding hydrogens is 1050 g/mol. The lowest BCUT2D eigenvalue weighted by molar-refractivity contribution is -0.139. The van der Waals surface area contributed by atoms with Gasteiger partial charge in [-0.05, 0) is 127 Å². The van der Waals surface area contributed by atoms with Gasteiger partial charge >= 0.3 is 6.09 Å². The van der Waals surface area contributed by atoms with E-state index in [1.807, 2.05) is 71.3 Å². The summed E-state index contributed by atoms with van der Waals surface area (Å²) < 4.78 is 11.9. The molecule has 2 aliphatic rings. The van der Waals surface area contributed by atoms with Gasteiger partial charge in [-0.15, -0.1) is 0 Å². The van der Waals surface area contributed by atoms with Crippen LogP contribution in [-0.4, -0.2) is 157 Å². The van der Waals surface area contributed by atoms with E-state index in [0.717, 1.165) is 28.5 Å². The van der Waals surface area contributed by atoms with Gasteiger partial charge in [-0.25, -0.2) is 4.79 Å². The third-order valence-corrected chi connectivity index (χ3v) is 15.4. The molecule has 22 nitrogen and oxygen atoms in total. The lowest BCUT2D eigenvalue weighted by Gasteiger charge is -2.33. The number of aromatic nitrogens is 1. The number of benzene rings is 1. The number of hydrogen-bond acceptors (Lipinski definition) is 13. The minimum atomic E-state index is -0.982. The molecular formula is C57H90N10O12S. The lowest BCUT2D eigenvalue weighted by atomic mass is 9.77. The first-order valence-electron chi connectivity index (χ1n) is 27.5. The monoisotopic (exact) mass is 1140 g/mol. The molecule has 0 radical (unpaired) electrons. The van der Waals surface area contributed by atoms with E-state index in [0.29, 0.717) is 57.2 Å². The number of aromatic amines is 1. The number of fused-ring (bicyclic) bond motifs is 1. The Hall–Kier alpha value is -6.46. The van der Waals surface area contributed by atoms with E-state index in [4.69, 9.17) is 20.9 Å². The Bertz CT molecular complexity index is 2510. The van der Waals surface area contributed by atoms with Crippen molar-refractivity contribution < 1.29 is 57.7 Å². The number of rotatable bonds is 27. The van der Waals surface area contributed by atoms with Gasteiger partial charge < -0.3 is 67.8 Å². The van der Waals surface area contributed by atoms with Crippen molar-refractivity contribution in [1.29, 1.82) is 0 Å². The molecule has 4 rings (SSSR count). The van der Waals surface area contributed by atoms with Crippen LogP contribution >= 0.6 is 11.8 Å². The van der Waals surface area contributed by atoms with E-state index in [9.17, 15) is 48.3 Å². The smallest absolute Gasteiger partial charge is 0.407 e. The number of nitrogens with zero attached hydrogens (tertiary/aromatic N) is 1. The molecule has 80 heavy (non-hydrogen) atoms. The van der Waals surface area contributed by atoms with E-state index < -0.39 is 102 Å². The van der Waals surface area contributed by atoms with Crippen LogP contribution in [0.3, 0.4) is 0 Å². The average Bonchev–Trinajstić information content (AvgIpc) is 4.05. The van der Waals surface area contributed by atoms with Crippen LogP contribution in [0.15, 0.2) is 53.3 Å². The van der Waals surface area contributed by atoms with Crippen LogP contribution in [0, 0.1) is 23.2 Å². The zero-order valence-corrected chi connectivity index (χ0v) is 49.5. The maximum atomic E-state index is 13.5. The number of primary amides is 2. The van der Waals surface area contributed by atoms with Crippen molar-refractivity contribution in [3.63, 3.8) is 0 Å². The molecule has 1 aromatic heterocycles. The van der Waals surface area contributed by atoms with Crippen molar-refractivity contribution in [2.75, 3.05) is 51.9 Å². The minimum absolute atomic E-state index is 0.00707. The van der Waals surface area contributed by atoms with Crippen molar-refractivity contribution in [1.82, 2.24) is 41.8 Å². The molecule has 1 saturated carbocycles.